The lowest BCUT2D eigenvalue weighted by molar-refractivity contribution is -0.126. The minimum Gasteiger partial charge on any atom is -0.438 e. The fraction of sp³-hybridized carbons (Fsp3) is 0.222. The van der Waals surface area contributed by atoms with E-state index >= 15 is 0 Å². The molecule has 180 valence electrons. The summed E-state index contributed by atoms with van der Waals surface area (Å²) in [7, 11) is 0. The van der Waals surface area contributed by atoms with Gasteiger partial charge in [-0.2, -0.15) is 0 Å². The maximum Gasteiger partial charge on any atom is 0.411 e. The van der Waals surface area contributed by atoms with Crippen LogP contribution in [0.2, 0.25) is 0 Å². The number of carbonyl (C=O) groups excluding carboxylic acids is 3. The molecule has 0 bridgehead atoms. The van der Waals surface area contributed by atoms with Crippen molar-refractivity contribution in [1.82, 2.24) is 10.2 Å². The number of halogens is 1. The molecule has 0 radical (unpaired) electrons. The minimum atomic E-state index is -0.903. The third-order valence-corrected chi connectivity index (χ3v) is 5.75. The molecule has 1 saturated heterocycles. The Morgan fingerprint density at radius 3 is 2.40 bits per heavy atom. The molecule has 2 unspecified atom stereocenters. The van der Waals surface area contributed by atoms with Crippen LogP contribution in [0.3, 0.4) is 0 Å². The van der Waals surface area contributed by atoms with Crippen LogP contribution in [0.1, 0.15) is 40.1 Å². The molecule has 2 N–H and O–H groups in total. The van der Waals surface area contributed by atoms with Crippen LogP contribution in [0.4, 0.5) is 14.9 Å². The third kappa shape index (κ3) is 5.48. The predicted octanol–water partition coefficient (Wildman–Crippen LogP) is 4.58. The number of ether oxygens (including phenoxy) is 1. The van der Waals surface area contributed by atoms with Gasteiger partial charge in [-0.25, -0.2) is 9.18 Å². The lowest BCUT2D eigenvalue weighted by Crippen LogP contribution is -2.46. The number of cyclic esters (lactones) is 1. The first-order chi connectivity index (χ1) is 16.9. The molecule has 4 rings (SSSR count). The number of nitrogens with zero attached hydrogens (tertiary/aromatic N) is 1. The van der Waals surface area contributed by atoms with Crippen LogP contribution >= 0.6 is 0 Å². The lowest BCUT2D eigenvalue weighted by atomic mass is 10.00. The number of carbonyl (C=O) groups is 3. The molecule has 0 aromatic heterocycles. The number of benzene rings is 3. The molecular formula is C27H26FN3O4. The summed E-state index contributed by atoms with van der Waals surface area (Å²) < 4.78 is 18.9. The number of hydrogen-bond acceptors (Lipinski definition) is 4. The average molecular weight is 476 g/mol. The minimum absolute atomic E-state index is 0.0993. The Labute approximate surface area is 202 Å². The van der Waals surface area contributed by atoms with Gasteiger partial charge in [0.25, 0.3) is 5.91 Å². The summed E-state index contributed by atoms with van der Waals surface area (Å²) in [5.41, 5.74) is 3.39. The normalized spacial score (nSPS) is 17.1. The molecule has 1 heterocycles. The van der Waals surface area contributed by atoms with E-state index in [0.29, 0.717) is 28.9 Å². The Balaban J connectivity index is 1.53. The molecule has 0 spiro atoms. The van der Waals surface area contributed by atoms with Crippen LogP contribution < -0.4 is 10.6 Å². The van der Waals surface area contributed by atoms with Crippen molar-refractivity contribution in [3.8, 4) is 0 Å². The van der Waals surface area contributed by atoms with E-state index in [9.17, 15) is 18.8 Å². The third-order valence-electron chi connectivity index (χ3n) is 5.75. The zero-order chi connectivity index (χ0) is 24.9. The Morgan fingerprint density at radius 2 is 1.74 bits per heavy atom. The van der Waals surface area contributed by atoms with Gasteiger partial charge in [0.15, 0.2) is 12.1 Å². The molecule has 1 fully saturated rings. The highest BCUT2D eigenvalue weighted by atomic mass is 19.1. The second-order valence-corrected chi connectivity index (χ2v) is 8.34. The monoisotopic (exact) mass is 475 g/mol. The molecule has 1 aliphatic rings. The summed E-state index contributed by atoms with van der Waals surface area (Å²) in [6, 6.07) is 19.0. The Kier molecular flexibility index (Phi) is 7.10. The Bertz CT molecular complexity index is 1230. The summed E-state index contributed by atoms with van der Waals surface area (Å²) in [5.74, 6) is -0.966. The van der Waals surface area contributed by atoms with E-state index < -0.39 is 18.2 Å². The standard InChI is InChI=1S/C27H26FN3O4/c1-3-29-26(33)23-24(35-27(34)31(23)16-18-7-11-21(28)12-8-18)19-9-13-22(14-10-19)30-25(32)20-6-4-5-17(2)15-20/h4-15,23-24H,3,16H2,1-2H3,(H,29,33)(H,30,32). The molecule has 3 aromatic rings. The van der Waals surface area contributed by atoms with Gasteiger partial charge in [0.2, 0.25) is 5.91 Å². The number of rotatable bonds is 7. The van der Waals surface area contributed by atoms with Crippen molar-refractivity contribution in [1.29, 1.82) is 0 Å². The molecule has 8 heteroatoms. The van der Waals surface area contributed by atoms with E-state index in [0.717, 1.165) is 5.56 Å². The van der Waals surface area contributed by atoms with Gasteiger partial charge in [0.05, 0.1) is 6.54 Å². The first kappa shape index (κ1) is 23.9. The Morgan fingerprint density at radius 1 is 1.03 bits per heavy atom. The van der Waals surface area contributed by atoms with Crippen molar-refractivity contribution in [2.75, 3.05) is 11.9 Å². The number of aryl methyl sites for hydroxylation is 1. The van der Waals surface area contributed by atoms with Gasteiger partial charge in [0.1, 0.15) is 5.82 Å². The van der Waals surface area contributed by atoms with Crippen LogP contribution in [-0.2, 0) is 16.1 Å². The summed E-state index contributed by atoms with van der Waals surface area (Å²) in [6.45, 7) is 4.20. The van der Waals surface area contributed by atoms with E-state index in [1.165, 1.54) is 17.0 Å². The second-order valence-electron chi connectivity index (χ2n) is 8.34. The van der Waals surface area contributed by atoms with Gasteiger partial charge in [-0.15, -0.1) is 0 Å². The van der Waals surface area contributed by atoms with Crippen LogP contribution in [0, 0.1) is 12.7 Å². The maximum absolute atomic E-state index is 13.3. The van der Waals surface area contributed by atoms with E-state index in [1.54, 1.807) is 55.5 Å². The Hall–Kier alpha value is -4.20. The van der Waals surface area contributed by atoms with E-state index in [-0.39, 0.29) is 24.2 Å². The van der Waals surface area contributed by atoms with Gasteiger partial charge < -0.3 is 15.4 Å². The van der Waals surface area contributed by atoms with Crippen molar-refractivity contribution in [2.45, 2.75) is 32.5 Å². The number of amides is 3. The molecule has 0 aliphatic carbocycles. The van der Waals surface area contributed by atoms with Crippen molar-refractivity contribution in [2.24, 2.45) is 0 Å². The highest BCUT2D eigenvalue weighted by Crippen LogP contribution is 2.34. The highest BCUT2D eigenvalue weighted by Gasteiger charge is 2.46. The zero-order valence-electron chi connectivity index (χ0n) is 19.5. The van der Waals surface area contributed by atoms with Crippen molar-refractivity contribution in [3.05, 3.63) is 101 Å². The number of nitrogens with one attached hydrogen (secondary N) is 2. The fourth-order valence-electron chi connectivity index (χ4n) is 4.02. The van der Waals surface area contributed by atoms with Gasteiger partial charge in [-0.1, -0.05) is 42.0 Å². The van der Waals surface area contributed by atoms with Gasteiger partial charge in [0, 0.05) is 17.8 Å². The number of likely N-dealkylation sites (N-methyl/N-ethyl adjacent to an activating group) is 1. The summed E-state index contributed by atoms with van der Waals surface area (Å²) in [5, 5.41) is 5.61. The highest BCUT2D eigenvalue weighted by molar-refractivity contribution is 6.04. The second kappa shape index (κ2) is 10.4. The zero-order valence-corrected chi connectivity index (χ0v) is 19.5. The van der Waals surface area contributed by atoms with Crippen LogP contribution in [0.15, 0.2) is 72.8 Å². The van der Waals surface area contributed by atoms with E-state index in [1.807, 2.05) is 19.1 Å². The van der Waals surface area contributed by atoms with Crippen LogP contribution in [0.25, 0.3) is 0 Å². The van der Waals surface area contributed by atoms with Crippen molar-refractivity contribution < 1.29 is 23.5 Å². The van der Waals surface area contributed by atoms with Crippen molar-refractivity contribution in [3.63, 3.8) is 0 Å². The lowest BCUT2D eigenvalue weighted by Gasteiger charge is -2.24. The molecular weight excluding hydrogens is 449 g/mol. The number of anilines is 1. The van der Waals surface area contributed by atoms with Gasteiger partial charge in [-0.3, -0.25) is 14.5 Å². The SMILES string of the molecule is CCNC(=O)C1C(c2ccc(NC(=O)c3cccc(C)c3)cc2)OC(=O)N1Cc1ccc(F)cc1. The van der Waals surface area contributed by atoms with Gasteiger partial charge in [-0.05, 0) is 61.4 Å². The summed E-state index contributed by atoms with van der Waals surface area (Å²) in [4.78, 5) is 39.5. The van der Waals surface area contributed by atoms with Crippen LogP contribution in [0.5, 0.6) is 0 Å². The molecule has 0 saturated carbocycles. The molecule has 35 heavy (non-hydrogen) atoms. The summed E-state index contributed by atoms with van der Waals surface area (Å²) in [6.07, 6.45) is -1.47. The fourth-order valence-corrected chi connectivity index (χ4v) is 4.02. The largest absolute Gasteiger partial charge is 0.438 e. The maximum atomic E-state index is 13.3. The first-order valence-corrected chi connectivity index (χ1v) is 11.3. The number of hydrogen-bond donors (Lipinski definition) is 2. The molecule has 3 aromatic carbocycles. The molecule has 2 atom stereocenters. The average Bonchev–Trinajstić information content (AvgIpc) is 3.17. The van der Waals surface area contributed by atoms with E-state index in [2.05, 4.69) is 10.6 Å². The molecule has 1 aliphatic heterocycles. The quantitative estimate of drug-likeness (QED) is 0.524. The first-order valence-electron chi connectivity index (χ1n) is 11.3. The predicted molar refractivity (Wildman–Crippen MR) is 129 cm³/mol. The van der Waals surface area contributed by atoms with Gasteiger partial charge >= 0.3 is 6.09 Å². The smallest absolute Gasteiger partial charge is 0.411 e. The van der Waals surface area contributed by atoms with Crippen LogP contribution in [-0.4, -0.2) is 35.4 Å². The summed E-state index contributed by atoms with van der Waals surface area (Å²) >= 11 is 0. The topological polar surface area (TPSA) is 87.7 Å². The molecule has 3 amide bonds. The van der Waals surface area contributed by atoms with Crippen molar-refractivity contribution >= 4 is 23.6 Å². The molecule has 7 nitrogen and oxygen atoms in total. The van der Waals surface area contributed by atoms with E-state index in [4.69, 9.17) is 4.74 Å².